The van der Waals surface area contributed by atoms with E-state index in [1.54, 1.807) is 5.32 Å². The number of nitrogens with one attached hydrogen (secondary N) is 1. The zero-order valence-corrected chi connectivity index (χ0v) is 6.95. The summed E-state index contributed by atoms with van der Waals surface area (Å²) in [5.74, 6) is -1.27. The van der Waals surface area contributed by atoms with E-state index in [4.69, 9.17) is 11.5 Å². The molecule has 7 nitrogen and oxygen atoms in total. The summed E-state index contributed by atoms with van der Waals surface area (Å²) < 4.78 is 0. The average molecular weight is 188 g/mol. The van der Waals surface area contributed by atoms with Gasteiger partial charge in [0.2, 0.25) is 11.8 Å². The number of amides is 4. The minimum atomic E-state index is -0.973. The molecule has 0 saturated heterocycles. The molecule has 0 aliphatic heterocycles. The minimum absolute atomic E-state index is 0.00660. The Morgan fingerprint density at radius 3 is 2.15 bits per heavy atom. The molecule has 0 rings (SSSR count). The van der Waals surface area contributed by atoms with Crippen LogP contribution >= 0.6 is 0 Å². The van der Waals surface area contributed by atoms with E-state index >= 15 is 0 Å². The van der Waals surface area contributed by atoms with Gasteiger partial charge in [0.1, 0.15) is 0 Å². The molecule has 0 saturated carbocycles. The van der Waals surface area contributed by atoms with Gasteiger partial charge in [0.05, 0.1) is 6.04 Å². The van der Waals surface area contributed by atoms with Crippen molar-refractivity contribution < 1.29 is 14.4 Å². The van der Waals surface area contributed by atoms with Crippen molar-refractivity contribution in [3.63, 3.8) is 0 Å². The summed E-state index contributed by atoms with van der Waals surface area (Å²) in [5.41, 5.74) is 14.8. The quantitative estimate of drug-likeness (QED) is 0.396. The standard InChI is InChI=1S/C6H12N4O3/c7-3(1-2-4(8)11)5(12)10-6(9)13/h3H,1-2,7H2,(H2,8,11)(H3,9,10,12,13). The summed E-state index contributed by atoms with van der Waals surface area (Å²) in [6.45, 7) is 0. The van der Waals surface area contributed by atoms with Gasteiger partial charge < -0.3 is 17.2 Å². The van der Waals surface area contributed by atoms with Crippen molar-refractivity contribution >= 4 is 17.8 Å². The number of hydrogen-bond acceptors (Lipinski definition) is 4. The lowest BCUT2D eigenvalue weighted by Gasteiger charge is -2.08. The smallest absolute Gasteiger partial charge is 0.318 e. The van der Waals surface area contributed by atoms with E-state index in [0.717, 1.165) is 0 Å². The van der Waals surface area contributed by atoms with Crippen molar-refractivity contribution in [2.24, 2.45) is 17.2 Å². The van der Waals surface area contributed by atoms with Crippen LogP contribution in [0, 0.1) is 0 Å². The van der Waals surface area contributed by atoms with Crippen molar-refractivity contribution in [3.05, 3.63) is 0 Å². The molecular weight excluding hydrogens is 176 g/mol. The van der Waals surface area contributed by atoms with Crippen LogP contribution in [-0.4, -0.2) is 23.9 Å². The molecule has 0 aromatic heterocycles. The van der Waals surface area contributed by atoms with E-state index in [0.29, 0.717) is 0 Å². The summed E-state index contributed by atoms with van der Waals surface area (Å²) in [7, 11) is 0. The number of imide groups is 1. The largest absolute Gasteiger partial charge is 0.370 e. The third kappa shape index (κ3) is 5.62. The fourth-order valence-electron chi connectivity index (χ4n) is 0.643. The number of urea groups is 1. The summed E-state index contributed by atoms with van der Waals surface area (Å²) in [4.78, 5) is 31.4. The maximum Gasteiger partial charge on any atom is 0.318 e. The van der Waals surface area contributed by atoms with Crippen LogP contribution < -0.4 is 22.5 Å². The summed E-state index contributed by atoms with van der Waals surface area (Å²) in [6, 6.07) is -1.92. The van der Waals surface area contributed by atoms with Gasteiger partial charge in [0.25, 0.3) is 0 Å². The van der Waals surface area contributed by atoms with Crippen molar-refractivity contribution in [3.8, 4) is 0 Å². The monoisotopic (exact) mass is 188 g/mol. The molecule has 74 valence electrons. The molecule has 4 amide bonds. The fraction of sp³-hybridized carbons (Fsp3) is 0.500. The number of carbonyl (C=O) groups excluding carboxylic acids is 3. The Morgan fingerprint density at radius 1 is 1.23 bits per heavy atom. The molecule has 7 heteroatoms. The molecule has 0 heterocycles. The second-order valence-electron chi connectivity index (χ2n) is 2.46. The first kappa shape index (κ1) is 11.4. The van der Waals surface area contributed by atoms with Crippen LogP contribution in [0.3, 0.4) is 0 Å². The van der Waals surface area contributed by atoms with E-state index in [1.807, 2.05) is 0 Å². The maximum absolute atomic E-state index is 10.9. The third-order valence-corrected chi connectivity index (χ3v) is 1.28. The lowest BCUT2D eigenvalue weighted by molar-refractivity contribution is -0.121. The van der Waals surface area contributed by atoms with E-state index in [1.165, 1.54) is 0 Å². The zero-order chi connectivity index (χ0) is 10.4. The number of carbonyl (C=O) groups is 3. The Labute approximate surface area is 74.6 Å². The van der Waals surface area contributed by atoms with Crippen molar-refractivity contribution in [1.82, 2.24) is 5.32 Å². The number of nitrogens with two attached hydrogens (primary N) is 3. The van der Waals surface area contributed by atoms with Crippen LogP contribution in [0.2, 0.25) is 0 Å². The van der Waals surface area contributed by atoms with Gasteiger partial charge in [-0.15, -0.1) is 0 Å². The van der Waals surface area contributed by atoms with Crippen LogP contribution in [0.4, 0.5) is 4.79 Å². The van der Waals surface area contributed by atoms with E-state index < -0.39 is 23.9 Å². The molecular formula is C6H12N4O3. The second-order valence-corrected chi connectivity index (χ2v) is 2.46. The van der Waals surface area contributed by atoms with Gasteiger partial charge in [-0.25, -0.2) is 4.79 Å². The fourth-order valence-corrected chi connectivity index (χ4v) is 0.643. The highest BCUT2D eigenvalue weighted by Gasteiger charge is 2.15. The van der Waals surface area contributed by atoms with Gasteiger partial charge in [0, 0.05) is 6.42 Å². The van der Waals surface area contributed by atoms with E-state index in [9.17, 15) is 14.4 Å². The molecule has 0 aliphatic carbocycles. The SMILES string of the molecule is NC(=O)CCC(N)C(=O)NC(N)=O. The average Bonchev–Trinajstić information content (AvgIpc) is 1.98. The Bertz CT molecular complexity index is 228. The van der Waals surface area contributed by atoms with E-state index in [2.05, 4.69) is 5.73 Å². The third-order valence-electron chi connectivity index (χ3n) is 1.28. The van der Waals surface area contributed by atoms with Crippen LogP contribution in [0.1, 0.15) is 12.8 Å². The van der Waals surface area contributed by atoms with Gasteiger partial charge >= 0.3 is 6.03 Å². The van der Waals surface area contributed by atoms with Gasteiger partial charge in [-0.2, -0.15) is 0 Å². The number of primary amides is 2. The Morgan fingerprint density at radius 2 is 1.77 bits per heavy atom. The molecule has 0 bridgehead atoms. The van der Waals surface area contributed by atoms with Crippen molar-refractivity contribution in [2.75, 3.05) is 0 Å². The molecule has 0 aliphatic rings. The molecule has 7 N–H and O–H groups in total. The van der Waals surface area contributed by atoms with Gasteiger partial charge in [-0.1, -0.05) is 0 Å². The van der Waals surface area contributed by atoms with Crippen molar-refractivity contribution in [1.29, 1.82) is 0 Å². The topological polar surface area (TPSA) is 141 Å². The predicted octanol–water partition coefficient (Wildman–Crippen LogP) is -2.23. The molecule has 13 heavy (non-hydrogen) atoms. The molecule has 1 atom stereocenters. The van der Waals surface area contributed by atoms with Crippen LogP contribution in [-0.2, 0) is 9.59 Å². The molecule has 0 aromatic carbocycles. The van der Waals surface area contributed by atoms with Crippen LogP contribution in [0.15, 0.2) is 0 Å². The Balaban J connectivity index is 3.82. The minimum Gasteiger partial charge on any atom is -0.370 e. The Kier molecular flexibility index (Phi) is 4.45. The number of hydrogen-bond donors (Lipinski definition) is 4. The van der Waals surface area contributed by atoms with Gasteiger partial charge in [-0.05, 0) is 6.42 Å². The molecule has 0 spiro atoms. The molecule has 0 fully saturated rings. The summed E-state index contributed by atoms with van der Waals surface area (Å²) in [5, 5.41) is 1.79. The molecule has 1 unspecified atom stereocenters. The van der Waals surface area contributed by atoms with Crippen molar-refractivity contribution in [2.45, 2.75) is 18.9 Å². The lowest BCUT2D eigenvalue weighted by atomic mass is 10.1. The molecule has 0 aromatic rings. The first-order valence-electron chi connectivity index (χ1n) is 3.57. The first-order valence-corrected chi connectivity index (χ1v) is 3.57. The highest BCUT2D eigenvalue weighted by molar-refractivity contribution is 5.96. The predicted molar refractivity (Wildman–Crippen MR) is 44.1 cm³/mol. The van der Waals surface area contributed by atoms with Crippen LogP contribution in [0.5, 0.6) is 0 Å². The van der Waals surface area contributed by atoms with Crippen LogP contribution in [0.25, 0.3) is 0 Å². The maximum atomic E-state index is 10.9. The first-order chi connectivity index (χ1) is 5.93. The summed E-state index contributed by atoms with van der Waals surface area (Å²) in [6.07, 6.45) is 0.0851. The highest BCUT2D eigenvalue weighted by atomic mass is 16.2. The molecule has 0 radical (unpaired) electrons. The summed E-state index contributed by atoms with van der Waals surface area (Å²) >= 11 is 0. The Hall–Kier alpha value is -1.63. The normalized spacial score (nSPS) is 11.8. The van der Waals surface area contributed by atoms with Gasteiger partial charge in [0.15, 0.2) is 0 Å². The van der Waals surface area contributed by atoms with Gasteiger partial charge in [-0.3, -0.25) is 14.9 Å². The van der Waals surface area contributed by atoms with E-state index in [-0.39, 0.29) is 12.8 Å². The second kappa shape index (κ2) is 5.09. The lowest BCUT2D eigenvalue weighted by Crippen LogP contribution is -2.45. The highest BCUT2D eigenvalue weighted by Crippen LogP contribution is 1.93. The number of rotatable bonds is 4. The zero-order valence-electron chi connectivity index (χ0n) is 6.95.